The van der Waals surface area contributed by atoms with Crippen molar-refractivity contribution in [2.45, 2.75) is 36.9 Å². The first kappa shape index (κ1) is 13.4. The quantitative estimate of drug-likeness (QED) is 0.833. The summed E-state index contributed by atoms with van der Waals surface area (Å²) in [4.78, 5) is 11.8. The summed E-state index contributed by atoms with van der Waals surface area (Å²) in [6.45, 7) is 0. The summed E-state index contributed by atoms with van der Waals surface area (Å²) < 4.78 is 1.84. The van der Waals surface area contributed by atoms with Crippen LogP contribution in [-0.2, 0) is 4.79 Å². The molecule has 0 bridgehead atoms. The van der Waals surface area contributed by atoms with Crippen LogP contribution in [0.5, 0.6) is 0 Å². The Morgan fingerprint density at radius 1 is 1.45 bits per heavy atom. The lowest BCUT2D eigenvalue weighted by molar-refractivity contribution is -0.113. The van der Waals surface area contributed by atoms with Gasteiger partial charge < -0.3 is 0 Å². The molecule has 0 aliphatic heterocycles. The third-order valence-electron chi connectivity index (χ3n) is 3.07. The summed E-state index contributed by atoms with van der Waals surface area (Å²) in [5.74, 6) is 0.125. The van der Waals surface area contributed by atoms with Crippen molar-refractivity contribution >= 4 is 34.1 Å². The fraction of sp³-hybridized carbons (Fsp3) is 0.600. The number of carbonyl (C=O) groups is 1. The van der Waals surface area contributed by atoms with Gasteiger partial charge in [0.1, 0.15) is 5.51 Å². The second kappa shape index (κ2) is 6.27. The van der Waals surface area contributed by atoms with E-state index in [1.807, 2.05) is 4.68 Å². The summed E-state index contributed by atoms with van der Waals surface area (Å²) in [7, 11) is 0. The van der Waals surface area contributed by atoms with E-state index >= 15 is 0 Å². The molecule has 20 heavy (non-hydrogen) atoms. The second-order valence-corrected chi connectivity index (χ2v) is 6.20. The molecule has 2 aromatic rings. The van der Waals surface area contributed by atoms with Gasteiger partial charge in [0, 0.05) is 0 Å². The number of thioether (sulfide) groups is 1. The highest BCUT2D eigenvalue weighted by molar-refractivity contribution is 7.99. The summed E-state index contributed by atoms with van der Waals surface area (Å²) in [6.07, 6.45) is 4.64. The van der Waals surface area contributed by atoms with Crippen molar-refractivity contribution < 1.29 is 4.79 Å². The highest BCUT2D eigenvalue weighted by atomic mass is 32.2. The van der Waals surface area contributed by atoms with Gasteiger partial charge in [-0.25, -0.2) is 4.68 Å². The Labute approximate surface area is 123 Å². The van der Waals surface area contributed by atoms with E-state index in [4.69, 9.17) is 0 Å². The largest absolute Gasteiger partial charge is 0.300 e. The number of hydrogen-bond acceptors (Lipinski definition) is 8. The first-order valence-electron chi connectivity index (χ1n) is 6.29. The van der Waals surface area contributed by atoms with Gasteiger partial charge in [0.05, 0.1) is 11.8 Å². The fourth-order valence-electron chi connectivity index (χ4n) is 2.17. The predicted octanol–water partition coefficient (Wildman–Crippen LogP) is 1.37. The number of tetrazole rings is 1. The number of aromatic nitrogens is 6. The lowest BCUT2D eigenvalue weighted by Crippen LogP contribution is -2.15. The molecule has 0 atom stereocenters. The van der Waals surface area contributed by atoms with E-state index < -0.39 is 0 Å². The summed E-state index contributed by atoms with van der Waals surface area (Å²) >= 11 is 2.63. The SMILES string of the molecule is O=C(CSc1nnnn1C1CCCC1)Nc1nncs1. The van der Waals surface area contributed by atoms with E-state index in [0.29, 0.717) is 16.3 Å². The second-order valence-electron chi connectivity index (χ2n) is 4.43. The fourth-order valence-corrected chi connectivity index (χ4v) is 3.38. The van der Waals surface area contributed by atoms with Gasteiger partial charge >= 0.3 is 0 Å². The van der Waals surface area contributed by atoms with Gasteiger partial charge in [-0.05, 0) is 23.3 Å². The van der Waals surface area contributed by atoms with Gasteiger partial charge in [0.25, 0.3) is 0 Å². The molecule has 0 radical (unpaired) electrons. The molecular formula is C10H13N7OS2. The van der Waals surface area contributed by atoms with Crippen molar-refractivity contribution in [1.29, 1.82) is 0 Å². The van der Waals surface area contributed by atoms with Crippen LogP contribution in [0.15, 0.2) is 10.7 Å². The van der Waals surface area contributed by atoms with Gasteiger partial charge in [-0.3, -0.25) is 10.1 Å². The molecule has 1 saturated carbocycles. The predicted molar refractivity (Wildman–Crippen MR) is 74.6 cm³/mol. The lowest BCUT2D eigenvalue weighted by Gasteiger charge is -2.10. The van der Waals surface area contributed by atoms with Crippen molar-refractivity contribution in [3.63, 3.8) is 0 Å². The Bertz CT molecular complexity index is 564. The monoisotopic (exact) mass is 311 g/mol. The zero-order valence-electron chi connectivity index (χ0n) is 10.6. The van der Waals surface area contributed by atoms with Crippen LogP contribution in [0.4, 0.5) is 5.13 Å². The van der Waals surface area contributed by atoms with E-state index in [1.165, 1.54) is 35.9 Å². The Balaban J connectivity index is 1.55. The number of rotatable bonds is 5. The molecule has 1 fully saturated rings. The van der Waals surface area contributed by atoms with Crippen LogP contribution in [0.25, 0.3) is 0 Å². The van der Waals surface area contributed by atoms with E-state index in [-0.39, 0.29) is 11.7 Å². The number of nitrogens with one attached hydrogen (secondary N) is 1. The average molecular weight is 311 g/mol. The Morgan fingerprint density at radius 2 is 2.30 bits per heavy atom. The molecule has 1 aliphatic rings. The zero-order chi connectivity index (χ0) is 13.8. The first-order valence-corrected chi connectivity index (χ1v) is 8.16. The molecule has 2 aromatic heterocycles. The van der Waals surface area contributed by atoms with Crippen LogP contribution in [0.3, 0.4) is 0 Å². The summed E-state index contributed by atoms with van der Waals surface area (Å²) in [6, 6.07) is 0.374. The van der Waals surface area contributed by atoms with Crippen LogP contribution in [-0.4, -0.2) is 42.1 Å². The molecule has 2 heterocycles. The highest BCUT2D eigenvalue weighted by Crippen LogP contribution is 2.31. The Kier molecular flexibility index (Phi) is 4.21. The van der Waals surface area contributed by atoms with Crippen molar-refractivity contribution in [2.24, 2.45) is 0 Å². The topological polar surface area (TPSA) is 98.5 Å². The molecule has 1 N–H and O–H groups in total. The van der Waals surface area contributed by atoms with E-state index in [9.17, 15) is 4.79 Å². The van der Waals surface area contributed by atoms with Gasteiger partial charge in [-0.2, -0.15) is 0 Å². The van der Waals surface area contributed by atoms with Crippen LogP contribution in [0.2, 0.25) is 0 Å². The minimum absolute atomic E-state index is 0.132. The molecule has 0 aromatic carbocycles. The molecule has 3 rings (SSSR count). The third-order valence-corrected chi connectivity index (χ3v) is 4.61. The van der Waals surface area contributed by atoms with Crippen LogP contribution in [0, 0.1) is 0 Å². The van der Waals surface area contributed by atoms with Crippen molar-refractivity contribution in [3.8, 4) is 0 Å². The maximum atomic E-state index is 11.8. The maximum absolute atomic E-state index is 11.8. The molecule has 1 amide bonds. The third kappa shape index (κ3) is 3.12. The lowest BCUT2D eigenvalue weighted by atomic mass is 10.3. The zero-order valence-corrected chi connectivity index (χ0v) is 12.2. The normalized spacial score (nSPS) is 15.6. The number of nitrogens with zero attached hydrogens (tertiary/aromatic N) is 6. The van der Waals surface area contributed by atoms with Crippen LogP contribution < -0.4 is 5.32 Å². The molecule has 106 valence electrons. The van der Waals surface area contributed by atoms with Crippen LogP contribution >= 0.6 is 23.1 Å². The highest BCUT2D eigenvalue weighted by Gasteiger charge is 2.22. The number of carbonyl (C=O) groups excluding carboxylic acids is 1. The first-order chi connectivity index (χ1) is 9.83. The van der Waals surface area contributed by atoms with E-state index in [0.717, 1.165) is 12.8 Å². The number of anilines is 1. The van der Waals surface area contributed by atoms with Gasteiger partial charge in [0.15, 0.2) is 0 Å². The maximum Gasteiger partial charge on any atom is 0.236 e. The van der Waals surface area contributed by atoms with Crippen molar-refractivity contribution in [2.75, 3.05) is 11.1 Å². The van der Waals surface area contributed by atoms with Crippen molar-refractivity contribution in [1.82, 2.24) is 30.4 Å². The molecule has 0 saturated heterocycles. The summed E-state index contributed by atoms with van der Waals surface area (Å²) in [5, 5.41) is 23.0. The molecule has 0 unspecified atom stereocenters. The minimum Gasteiger partial charge on any atom is -0.300 e. The molecule has 8 nitrogen and oxygen atoms in total. The van der Waals surface area contributed by atoms with E-state index in [1.54, 1.807) is 5.51 Å². The summed E-state index contributed by atoms with van der Waals surface area (Å²) in [5.41, 5.74) is 1.57. The Morgan fingerprint density at radius 3 is 3.05 bits per heavy atom. The molecule has 10 heteroatoms. The molecule has 1 aliphatic carbocycles. The minimum atomic E-state index is -0.132. The smallest absolute Gasteiger partial charge is 0.236 e. The standard InChI is InChI=1S/C10H13N7OS2/c18-8(12-9-13-11-6-20-9)5-19-10-14-15-16-17(10)7-3-1-2-4-7/h6-7H,1-5H2,(H,12,13,18). The van der Waals surface area contributed by atoms with E-state index in [2.05, 4.69) is 31.0 Å². The molecule has 0 spiro atoms. The van der Waals surface area contributed by atoms with Gasteiger partial charge in [-0.1, -0.05) is 35.9 Å². The average Bonchev–Trinajstić information content (AvgIpc) is 3.18. The number of hydrogen-bond donors (Lipinski definition) is 1. The Hall–Kier alpha value is -1.55. The van der Waals surface area contributed by atoms with Crippen molar-refractivity contribution in [3.05, 3.63) is 5.51 Å². The number of amides is 1. The van der Waals surface area contributed by atoms with Gasteiger partial charge in [-0.15, -0.1) is 15.3 Å². The van der Waals surface area contributed by atoms with Crippen LogP contribution in [0.1, 0.15) is 31.7 Å². The van der Waals surface area contributed by atoms with Gasteiger partial charge in [0.2, 0.25) is 16.2 Å². The molecular weight excluding hydrogens is 298 g/mol.